The first-order chi connectivity index (χ1) is 7.13. The summed E-state index contributed by atoms with van der Waals surface area (Å²) in [5, 5.41) is 13.6. The molecule has 0 aliphatic carbocycles. The molecule has 0 aromatic carbocycles. The van der Waals surface area contributed by atoms with Gasteiger partial charge in [-0.2, -0.15) is 5.10 Å². The van der Waals surface area contributed by atoms with Gasteiger partial charge in [0, 0.05) is 0 Å². The van der Waals surface area contributed by atoms with Gasteiger partial charge >= 0.3 is 12.0 Å². The molecule has 8 nitrogen and oxygen atoms in total. The maximum atomic E-state index is 10.5. The van der Waals surface area contributed by atoms with Gasteiger partial charge in [0.05, 0.1) is 19.4 Å². The summed E-state index contributed by atoms with van der Waals surface area (Å²) in [6, 6.07) is 2.53. The number of nitro groups is 1. The zero-order chi connectivity index (χ0) is 11.3. The van der Waals surface area contributed by atoms with Gasteiger partial charge in [-0.25, -0.2) is 10.2 Å². The second-order valence-electron chi connectivity index (χ2n) is 2.29. The second kappa shape index (κ2) is 4.74. The van der Waals surface area contributed by atoms with Gasteiger partial charge in [-0.3, -0.25) is 10.1 Å². The third-order valence-corrected chi connectivity index (χ3v) is 1.33. The van der Waals surface area contributed by atoms with Crippen molar-refractivity contribution in [3.63, 3.8) is 0 Å². The lowest BCUT2D eigenvalue weighted by Crippen LogP contribution is -2.16. The van der Waals surface area contributed by atoms with Crippen molar-refractivity contribution in [3.05, 3.63) is 28.0 Å². The van der Waals surface area contributed by atoms with Gasteiger partial charge in [-0.05, 0) is 6.07 Å². The van der Waals surface area contributed by atoms with E-state index in [2.05, 4.69) is 9.84 Å². The molecule has 0 fully saturated rings. The summed E-state index contributed by atoms with van der Waals surface area (Å²) in [7, 11) is 1.18. The van der Waals surface area contributed by atoms with Crippen LogP contribution in [0.1, 0.15) is 5.76 Å². The number of carbonyl (C=O) groups excluding carboxylic acids is 1. The van der Waals surface area contributed by atoms with Crippen LogP contribution in [0.4, 0.5) is 10.7 Å². The zero-order valence-corrected chi connectivity index (χ0v) is 7.67. The lowest BCUT2D eigenvalue weighted by molar-refractivity contribution is -0.402. The Hall–Kier alpha value is -2.38. The average molecular weight is 213 g/mol. The Morgan fingerprint density at radius 1 is 1.73 bits per heavy atom. The highest BCUT2D eigenvalue weighted by molar-refractivity contribution is 5.77. The molecule has 0 saturated heterocycles. The predicted molar refractivity (Wildman–Crippen MR) is 48.5 cm³/mol. The molecule has 1 amide bonds. The van der Waals surface area contributed by atoms with E-state index in [1.54, 1.807) is 0 Å². The van der Waals surface area contributed by atoms with Crippen molar-refractivity contribution in [1.82, 2.24) is 5.43 Å². The lowest BCUT2D eigenvalue weighted by atomic mass is 10.5. The normalized spacial score (nSPS) is 10.2. The second-order valence-corrected chi connectivity index (χ2v) is 2.29. The number of hydrogen-bond donors (Lipinski definition) is 1. The van der Waals surface area contributed by atoms with E-state index in [4.69, 9.17) is 4.42 Å². The molecule has 15 heavy (non-hydrogen) atoms. The number of amides is 1. The summed E-state index contributed by atoms with van der Waals surface area (Å²) >= 11 is 0. The molecule has 0 radical (unpaired) electrons. The summed E-state index contributed by atoms with van der Waals surface area (Å²) in [5.41, 5.74) is 2.00. The van der Waals surface area contributed by atoms with Gasteiger partial charge < -0.3 is 9.15 Å². The molecular formula is C7H7N3O5. The van der Waals surface area contributed by atoms with Gasteiger partial charge in [0.15, 0.2) is 5.76 Å². The summed E-state index contributed by atoms with van der Waals surface area (Å²) in [4.78, 5) is 20.1. The quantitative estimate of drug-likeness (QED) is 0.455. The number of hydrogen-bond acceptors (Lipinski definition) is 6. The van der Waals surface area contributed by atoms with Crippen LogP contribution in [0.3, 0.4) is 0 Å². The molecule has 0 saturated carbocycles. The number of hydrazone groups is 1. The number of furan rings is 1. The Kier molecular flexibility index (Phi) is 3.38. The SMILES string of the molecule is COC(=O)N/N=C\c1ccc([N+](=O)[O-])o1. The fourth-order valence-corrected chi connectivity index (χ4v) is 0.704. The molecule has 1 heterocycles. The van der Waals surface area contributed by atoms with Crippen molar-refractivity contribution in [2.45, 2.75) is 0 Å². The van der Waals surface area contributed by atoms with E-state index in [0.29, 0.717) is 0 Å². The molecule has 0 bridgehead atoms. The van der Waals surface area contributed by atoms with Crippen LogP contribution in [0.2, 0.25) is 0 Å². The Morgan fingerprint density at radius 2 is 2.47 bits per heavy atom. The van der Waals surface area contributed by atoms with Gasteiger partial charge in [0.2, 0.25) is 0 Å². The van der Waals surface area contributed by atoms with Crippen LogP contribution in [0.15, 0.2) is 21.7 Å². The third-order valence-electron chi connectivity index (χ3n) is 1.33. The molecule has 0 aliphatic rings. The Morgan fingerprint density at radius 3 is 3.00 bits per heavy atom. The molecule has 0 spiro atoms. The van der Waals surface area contributed by atoms with Gasteiger partial charge in [0.1, 0.15) is 4.92 Å². The highest BCUT2D eigenvalue weighted by Gasteiger charge is 2.10. The van der Waals surface area contributed by atoms with E-state index in [0.717, 1.165) is 6.21 Å². The lowest BCUT2D eigenvalue weighted by Gasteiger charge is -1.93. The van der Waals surface area contributed by atoms with Crippen LogP contribution in [-0.2, 0) is 4.74 Å². The molecule has 80 valence electrons. The predicted octanol–water partition coefficient (Wildman–Crippen LogP) is 0.878. The number of methoxy groups -OCH3 is 1. The smallest absolute Gasteiger partial charge is 0.433 e. The van der Waals surface area contributed by atoms with E-state index < -0.39 is 16.9 Å². The molecule has 1 aromatic rings. The van der Waals surface area contributed by atoms with Crippen molar-refractivity contribution in [2.75, 3.05) is 7.11 Å². The Balaban J connectivity index is 2.57. The molecular weight excluding hydrogens is 206 g/mol. The number of ether oxygens (including phenoxy) is 1. The first kappa shape index (κ1) is 10.7. The van der Waals surface area contributed by atoms with Crippen molar-refractivity contribution in [2.24, 2.45) is 5.10 Å². The van der Waals surface area contributed by atoms with Crippen molar-refractivity contribution in [3.8, 4) is 0 Å². The first-order valence-corrected chi connectivity index (χ1v) is 3.74. The number of nitrogens with zero attached hydrogens (tertiary/aromatic N) is 2. The van der Waals surface area contributed by atoms with Gasteiger partial charge in [0.25, 0.3) is 0 Å². The molecule has 1 aromatic heterocycles. The highest BCUT2D eigenvalue weighted by Crippen LogP contribution is 2.13. The van der Waals surface area contributed by atoms with Crippen LogP contribution in [-0.4, -0.2) is 24.3 Å². The van der Waals surface area contributed by atoms with E-state index >= 15 is 0 Å². The number of nitrogens with one attached hydrogen (secondary N) is 1. The first-order valence-electron chi connectivity index (χ1n) is 3.74. The third kappa shape index (κ3) is 3.10. The Bertz CT molecular complexity index is 397. The summed E-state index contributed by atoms with van der Waals surface area (Å²) < 4.78 is 8.95. The minimum absolute atomic E-state index is 0.151. The summed E-state index contributed by atoms with van der Waals surface area (Å²) in [5.74, 6) is -0.243. The molecule has 0 unspecified atom stereocenters. The van der Waals surface area contributed by atoms with Gasteiger partial charge in [-0.1, -0.05) is 0 Å². The van der Waals surface area contributed by atoms with Crippen LogP contribution in [0.25, 0.3) is 0 Å². The minimum atomic E-state index is -0.743. The van der Waals surface area contributed by atoms with Crippen LogP contribution in [0.5, 0.6) is 0 Å². The molecule has 1 N–H and O–H groups in total. The van der Waals surface area contributed by atoms with Crippen molar-refractivity contribution >= 4 is 18.2 Å². The van der Waals surface area contributed by atoms with Crippen LogP contribution < -0.4 is 5.43 Å². The van der Waals surface area contributed by atoms with E-state index in [1.165, 1.54) is 19.2 Å². The number of carbonyl (C=O) groups is 1. The highest BCUT2D eigenvalue weighted by atomic mass is 16.6. The molecule has 0 atom stereocenters. The zero-order valence-electron chi connectivity index (χ0n) is 7.67. The number of rotatable bonds is 3. The topological polar surface area (TPSA) is 107 Å². The summed E-state index contributed by atoms with van der Waals surface area (Å²) in [6.45, 7) is 0. The monoisotopic (exact) mass is 213 g/mol. The maximum absolute atomic E-state index is 10.5. The van der Waals surface area contributed by atoms with Gasteiger partial charge in [-0.15, -0.1) is 0 Å². The fraction of sp³-hybridized carbons (Fsp3) is 0.143. The minimum Gasteiger partial charge on any atom is -0.452 e. The maximum Gasteiger partial charge on any atom is 0.433 e. The van der Waals surface area contributed by atoms with E-state index in [-0.39, 0.29) is 5.76 Å². The Labute approximate surface area is 83.7 Å². The van der Waals surface area contributed by atoms with E-state index in [9.17, 15) is 14.9 Å². The molecule has 1 rings (SSSR count). The largest absolute Gasteiger partial charge is 0.452 e. The van der Waals surface area contributed by atoms with E-state index in [1.807, 2.05) is 5.43 Å². The van der Waals surface area contributed by atoms with Crippen LogP contribution in [0, 0.1) is 10.1 Å². The van der Waals surface area contributed by atoms with Crippen LogP contribution >= 0.6 is 0 Å². The van der Waals surface area contributed by atoms with Crippen molar-refractivity contribution < 1.29 is 18.9 Å². The molecule has 0 aliphatic heterocycles. The molecule has 8 heteroatoms. The van der Waals surface area contributed by atoms with Crippen molar-refractivity contribution in [1.29, 1.82) is 0 Å². The summed E-state index contributed by atoms with van der Waals surface area (Å²) in [6.07, 6.45) is 0.372. The standard InChI is InChI=1S/C7H7N3O5/c1-14-7(11)9-8-4-5-2-3-6(15-5)10(12)13/h2-4H,1H3,(H,9,11)/b8-4-. The fourth-order valence-electron chi connectivity index (χ4n) is 0.704. The average Bonchev–Trinajstić information content (AvgIpc) is 2.66.